The molecule has 1 amide bonds. The molecule has 0 saturated carbocycles. The van der Waals surface area contributed by atoms with Crippen LogP contribution in [0.25, 0.3) is 10.9 Å². The Labute approximate surface area is 127 Å². The summed E-state index contributed by atoms with van der Waals surface area (Å²) in [4.78, 5) is 20.4. The molecule has 0 radical (unpaired) electrons. The molecule has 5 heteroatoms. The van der Waals surface area contributed by atoms with Gasteiger partial charge in [-0.1, -0.05) is 18.2 Å². The first-order chi connectivity index (χ1) is 10.2. The van der Waals surface area contributed by atoms with Crippen LogP contribution < -0.4 is 5.32 Å². The molecule has 0 aliphatic rings. The van der Waals surface area contributed by atoms with E-state index in [9.17, 15) is 4.79 Å². The van der Waals surface area contributed by atoms with E-state index in [1.54, 1.807) is 11.3 Å². The Kier molecular flexibility index (Phi) is 4.01. The molecule has 4 nitrogen and oxygen atoms in total. The van der Waals surface area contributed by atoms with Gasteiger partial charge in [0, 0.05) is 34.6 Å². The first kappa shape index (κ1) is 13.8. The highest BCUT2D eigenvalue weighted by atomic mass is 32.1. The monoisotopic (exact) mass is 299 g/mol. The fourth-order valence-electron chi connectivity index (χ4n) is 2.35. The molecular formula is C16H17N3OS. The van der Waals surface area contributed by atoms with Crippen LogP contribution in [0.2, 0.25) is 0 Å². The van der Waals surface area contributed by atoms with E-state index in [1.165, 1.54) is 10.9 Å². The van der Waals surface area contributed by atoms with Crippen LogP contribution >= 0.6 is 11.3 Å². The van der Waals surface area contributed by atoms with E-state index < -0.39 is 0 Å². The number of para-hydroxylation sites is 1. The van der Waals surface area contributed by atoms with Crippen LogP contribution in [0.4, 0.5) is 0 Å². The number of fused-ring (bicyclic) bond motifs is 1. The van der Waals surface area contributed by atoms with Gasteiger partial charge in [-0.05, 0) is 25.0 Å². The fourth-order valence-corrected chi connectivity index (χ4v) is 3.08. The fraction of sp³-hybridized carbons (Fsp3) is 0.250. The molecule has 0 unspecified atom stereocenters. The lowest BCUT2D eigenvalue weighted by atomic mass is 10.1. The normalized spacial score (nSPS) is 10.9. The number of carbonyl (C=O) groups excluding carboxylic acids is 1. The highest BCUT2D eigenvalue weighted by Gasteiger charge is 2.07. The number of hydrogen-bond acceptors (Lipinski definition) is 3. The summed E-state index contributed by atoms with van der Waals surface area (Å²) in [6, 6.07) is 8.16. The highest BCUT2D eigenvalue weighted by molar-refractivity contribution is 7.11. The van der Waals surface area contributed by atoms with Crippen molar-refractivity contribution in [2.45, 2.75) is 26.3 Å². The molecule has 0 aliphatic heterocycles. The van der Waals surface area contributed by atoms with E-state index in [-0.39, 0.29) is 5.91 Å². The number of aromatic amines is 1. The Bertz CT molecular complexity index is 760. The average molecular weight is 299 g/mol. The van der Waals surface area contributed by atoms with Crippen LogP contribution in [0.15, 0.2) is 36.7 Å². The third-order valence-corrected chi connectivity index (χ3v) is 4.34. The highest BCUT2D eigenvalue weighted by Crippen LogP contribution is 2.19. The summed E-state index contributed by atoms with van der Waals surface area (Å²) in [6.07, 6.45) is 5.06. The zero-order valence-electron chi connectivity index (χ0n) is 11.8. The lowest BCUT2D eigenvalue weighted by molar-refractivity contribution is -0.121. The zero-order chi connectivity index (χ0) is 14.7. The number of rotatable bonds is 5. The number of amides is 1. The van der Waals surface area contributed by atoms with Crippen LogP contribution in [-0.4, -0.2) is 15.9 Å². The van der Waals surface area contributed by atoms with Gasteiger partial charge in [0.15, 0.2) is 0 Å². The molecule has 3 aromatic rings. The standard InChI is InChI=1S/C16H17N3OS/c1-11-17-9-13(21-11)10-19-16(20)7-6-12-8-18-15-5-3-2-4-14(12)15/h2-5,8-9,18H,6-7,10H2,1H3,(H,19,20). The Balaban J connectivity index is 1.54. The summed E-state index contributed by atoms with van der Waals surface area (Å²) in [5.41, 5.74) is 2.31. The molecule has 1 aromatic carbocycles. The number of nitrogens with zero attached hydrogens (tertiary/aromatic N) is 1. The number of aryl methyl sites for hydroxylation is 2. The van der Waals surface area contributed by atoms with E-state index in [1.807, 2.05) is 37.5 Å². The van der Waals surface area contributed by atoms with Gasteiger partial charge in [0.05, 0.1) is 11.6 Å². The molecule has 3 rings (SSSR count). The molecule has 2 aromatic heterocycles. The van der Waals surface area contributed by atoms with Crippen molar-refractivity contribution in [3.63, 3.8) is 0 Å². The minimum absolute atomic E-state index is 0.0753. The first-order valence-electron chi connectivity index (χ1n) is 6.95. The summed E-state index contributed by atoms with van der Waals surface area (Å²) in [7, 11) is 0. The van der Waals surface area contributed by atoms with Gasteiger partial charge in [0.2, 0.25) is 5.91 Å². The molecule has 2 N–H and O–H groups in total. The quantitative estimate of drug-likeness (QED) is 0.760. The molecule has 0 fully saturated rings. The third kappa shape index (κ3) is 3.31. The van der Waals surface area contributed by atoms with Gasteiger partial charge in [0.1, 0.15) is 0 Å². The van der Waals surface area contributed by atoms with E-state index in [0.29, 0.717) is 13.0 Å². The minimum Gasteiger partial charge on any atom is -0.361 e. The Morgan fingerprint density at radius 1 is 1.38 bits per heavy atom. The second-order valence-corrected chi connectivity index (χ2v) is 6.30. The lowest BCUT2D eigenvalue weighted by Crippen LogP contribution is -2.22. The predicted molar refractivity (Wildman–Crippen MR) is 85.3 cm³/mol. The van der Waals surface area contributed by atoms with Gasteiger partial charge in [-0.25, -0.2) is 4.98 Å². The molecule has 0 atom stereocenters. The Morgan fingerprint density at radius 3 is 3.05 bits per heavy atom. The first-order valence-corrected chi connectivity index (χ1v) is 7.77. The second kappa shape index (κ2) is 6.10. The molecule has 0 aliphatic carbocycles. The molecular weight excluding hydrogens is 282 g/mol. The number of hydrogen-bond donors (Lipinski definition) is 2. The number of nitrogens with one attached hydrogen (secondary N) is 2. The summed E-state index contributed by atoms with van der Waals surface area (Å²) in [5, 5.41) is 5.17. The van der Waals surface area contributed by atoms with Crippen molar-refractivity contribution in [3.8, 4) is 0 Å². The van der Waals surface area contributed by atoms with E-state index >= 15 is 0 Å². The number of benzene rings is 1. The summed E-state index contributed by atoms with van der Waals surface area (Å²) < 4.78 is 0. The maximum atomic E-state index is 11.9. The third-order valence-electron chi connectivity index (χ3n) is 3.43. The van der Waals surface area contributed by atoms with E-state index in [0.717, 1.165) is 21.8 Å². The van der Waals surface area contributed by atoms with Gasteiger partial charge in [-0.2, -0.15) is 0 Å². The van der Waals surface area contributed by atoms with Crippen molar-refractivity contribution in [2.24, 2.45) is 0 Å². The van der Waals surface area contributed by atoms with Crippen LogP contribution in [-0.2, 0) is 17.8 Å². The molecule has 0 spiro atoms. The number of carbonyl (C=O) groups is 1. The van der Waals surface area contributed by atoms with Gasteiger partial charge in [0.25, 0.3) is 0 Å². The second-order valence-electron chi connectivity index (χ2n) is 4.98. The van der Waals surface area contributed by atoms with Crippen LogP contribution in [0.3, 0.4) is 0 Å². The van der Waals surface area contributed by atoms with Crippen molar-refractivity contribution >= 4 is 28.1 Å². The maximum absolute atomic E-state index is 11.9. The van der Waals surface area contributed by atoms with Crippen molar-refractivity contribution in [2.75, 3.05) is 0 Å². The minimum atomic E-state index is 0.0753. The van der Waals surface area contributed by atoms with E-state index in [4.69, 9.17) is 0 Å². The van der Waals surface area contributed by atoms with Crippen molar-refractivity contribution < 1.29 is 4.79 Å². The van der Waals surface area contributed by atoms with Crippen LogP contribution in [0.5, 0.6) is 0 Å². The summed E-state index contributed by atoms with van der Waals surface area (Å²) in [6.45, 7) is 2.53. The van der Waals surface area contributed by atoms with Gasteiger partial charge in [-0.15, -0.1) is 11.3 Å². The Morgan fingerprint density at radius 2 is 2.24 bits per heavy atom. The number of H-pyrrole nitrogens is 1. The molecule has 0 saturated heterocycles. The number of aromatic nitrogens is 2. The maximum Gasteiger partial charge on any atom is 0.220 e. The summed E-state index contributed by atoms with van der Waals surface area (Å²) >= 11 is 1.62. The summed E-state index contributed by atoms with van der Waals surface area (Å²) in [5.74, 6) is 0.0753. The van der Waals surface area contributed by atoms with Crippen molar-refractivity contribution in [1.82, 2.24) is 15.3 Å². The van der Waals surface area contributed by atoms with Gasteiger partial charge in [-0.3, -0.25) is 4.79 Å². The Hall–Kier alpha value is -2.14. The lowest BCUT2D eigenvalue weighted by Gasteiger charge is -2.03. The van der Waals surface area contributed by atoms with Crippen LogP contribution in [0.1, 0.15) is 21.9 Å². The smallest absolute Gasteiger partial charge is 0.220 e. The largest absolute Gasteiger partial charge is 0.361 e. The van der Waals surface area contributed by atoms with Crippen molar-refractivity contribution in [3.05, 3.63) is 52.1 Å². The van der Waals surface area contributed by atoms with Crippen LogP contribution in [0, 0.1) is 6.92 Å². The SMILES string of the molecule is Cc1ncc(CNC(=O)CCc2c[nH]c3ccccc23)s1. The van der Waals surface area contributed by atoms with E-state index in [2.05, 4.69) is 21.4 Å². The van der Waals surface area contributed by atoms with Crippen molar-refractivity contribution in [1.29, 1.82) is 0 Å². The molecule has 108 valence electrons. The van der Waals surface area contributed by atoms with Gasteiger partial charge < -0.3 is 10.3 Å². The molecule has 21 heavy (non-hydrogen) atoms. The predicted octanol–water partition coefficient (Wildman–Crippen LogP) is 3.18. The number of thiazole rings is 1. The topological polar surface area (TPSA) is 57.8 Å². The van der Waals surface area contributed by atoms with Gasteiger partial charge >= 0.3 is 0 Å². The molecule has 2 heterocycles. The zero-order valence-corrected chi connectivity index (χ0v) is 12.7. The average Bonchev–Trinajstić information content (AvgIpc) is 3.09. The molecule has 0 bridgehead atoms.